The van der Waals surface area contributed by atoms with Gasteiger partial charge in [-0.3, -0.25) is 4.79 Å². The Bertz CT molecular complexity index is 334. The minimum atomic E-state index is 0.120. The van der Waals surface area contributed by atoms with Crippen LogP contribution in [0.3, 0.4) is 0 Å². The molecule has 0 saturated carbocycles. The zero-order chi connectivity index (χ0) is 12.0. The van der Waals surface area contributed by atoms with Gasteiger partial charge in [-0.05, 0) is 0 Å². The van der Waals surface area contributed by atoms with Crippen LogP contribution in [0.25, 0.3) is 0 Å². The van der Waals surface area contributed by atoms with Gasteiger partial charge in [-0.1, -0.05) is 6.92 Å². The van der Waals surface area contributed by atoms with Gasteiger partial charge in [0.25, 0.3) is 0 Å². The molecule has 0 bridgehead atoms. The number of amides is 1. The lowest BCUT2D eigenvalue weighted by Gasteiger charge is -2.09. The van der Waals surface area contributed by atoms with Gasteiger partial charge in [0.15, 0.2) is 0 Å². The van der Waals surface area contributed by atoms with Gasteiger partial charge < -0.3 is 14.6 Å². The smallest absolute Gasteiger partial charge is 0.223 e. The first-order chi connectivity index (χ1) is 7.63. The molecule has 1 rings (SSSR count). The first-order valence-electron chi connectivity index (χ1n) is 5.48. The summed E-state index contributed by atoms with van der Waals surface area (Å²) in [6.07, 6.45) is 3.09. The van der Waals surface area contributed by atoms with Gasteiger partial charge in [-0.2, -0.15) is 0 Å². The second-order valence-corrected chi connectivity index (χ2v) is 3.79. The van der Waals surface area contributed by atoms with E-state index in [1.807, 2.05) is 6.92 Å². The quantitative estimate of drug-likeness (QED) is 0.728. The maximum absolute atomic E-state index is 11.3. The molecule has 16 heavy (non-hydrogen) atoms. The summed E-state index contributed by atoms with van der Waals surface area (Å²) >= 11 is 0. The fraction of sp³-hybridized carbons (Fsp3) is 0.636. The maximum Gasteiger partial charge on any atom is 0.223 e. The first kappa shape index (κ1) is 12.7. The topological polar surface area (TPSA) is 58.4 Å². The van der Waals surface area contributed by atoms with Crippen LogP contribution >= 0.6 is 0 Å². The van der Waals surface area contributed by atoms with Crippen LogP contribution in [-0.4, -0.2) is 36.4 Å². The van der Waals surface area contributed by atoms with E-state index in [1.54, 1.807) is 25.2 Å². The van der Waals surface area contributed by atoms with Crippen molar-refractivity contribution >= 4 is 5.91 Å². The highest BCUT2D eigenvalue weighted by Gasteiger charge is 2.04. The molecule has 0 saturated heterocycles. The largest absolute Gasteiger partial charge is 0.444 e. The molecule has 0 aromatic carbocycles. The molecule has 5 heteroatoms. The summed E-state index contributed by atoms with van der Waals surface area (Å²) < 4.78 is 5.42. The lowest BCUT2D eigenvalue weighted by molar-refractivity contribution is -0.128. The Morgan fingerprint density at radius 1 is 1.56 bits per heavy atom. The molecule has 90 valence electrons. The Morgan fingerprint density at radius 3 is 2.88 bits per heavy atom. The third-order valence-corrected chi connectivity index (χ3v) is 2.24. The molecular weight excluding hydrogens is 206 g/mol. The number of oxazole rings is 1. The number of nitrogens with zero attached hydrogens (tertiary/aromatic N) is 2. The first-order valence-corrected chi connectivity index (χ1v) is 5.48. The molecule has 0 aliphatic carbocycles. The van der Waals surface area contributed by atoms with Gasteiger partial charge in [0.1, 0.15) is 5.76 Å². The molecule has 0 aliphatic heterocycles. The Morgan fingerprint density at radius 2 is 2.31 bits per heavy atom. The molecule has 1 heterocycles. The van der Waals surface area contributed by atoms with E-state index in [-0.39, 0.29) is 5.91 Å². The van der Waals surface area contributed by atoms with Crippen molar-refractivity contribution in [3.8, 4) is 0 Å². The highest BCUT2D eigenvalue weighted by molar-refractivity contribution is 5.75. The Balaban J connectivity index is 2.18. The second-order valence-electron chi connectivity index (χ2n) is 3.79. The van der Waals surface area contributed by atoms with E-state index < -0.39 is 0 Å². The van der Waals surface area contributed by atoms with Gasteiger partial charge in [0, 0.05) is 33.5 Å². The van der Waals surface area contributed by atoms with Crippen molar-refractivity contribution in [2.45, 2.75) is 26.3 Å². The van der Waals surface area contributed by atoms with Crippen molar-refractivity contribution < 1.29 is 9.21 Å². The molecule has 5 nitrogen and oxygen atoms in total. The number of hydrogen-bond donors (Lipinski definition) is 1. The Labute approximate surface area is 95.8 Å². The fourth-order valence-electron chi connectivity index (χ4n) is 1.21. The molecular formula is C11H19N3O2. The highest BCUT2D eigenvalue weighted by atomic mass is 16.4. The van der Waals surface area contributed by atoms with Crippen LogP contribution in [0.1, 0.15) is 25.0 Å². The fourth-order valence-corrected chi connectivity index (χ4v) is 1.21. The predicted molar refractivity (Wildman–Crippen MR) is 60.9 cm³/mol. The zero-order valence-electron chi connectivity index (χ0n) is 10.1. The molecule has 0 spiro atoms. The van der Waals surface area contributed by atoms with Crippen LogP contribution < -0.4 is 5.32 Å². The summed E-state index contributed by atoms with van der Waals surface area (Å²) in [5, 5.41) is 3.12. The molecule has 0 aliphatic rings. The van der Waals surface area contributed by atoms with Gasteiger partial charge >= 0.3 is 0 Å². The van der Waals surface area contributed by atoms with Crippen LogP contribution in [0.15, 0.2) is 10.6 Å². The summed E-state index contributed by atoms with van der Waals surface area (Å²) in [5.41, 5.74) is 0. The van der Waals surface area contributed by atoms with E-state index in [9.17, 15) is 4.79 Å². The number of nitrogens with one attached hydrogen (secondary N) is 1. The predicted octanol–water partition coefficient (Wildman–Crippen LogP) is 0.805. The number of aromatic nitrogens is 1. The number of aryl methyl sites for hydroxylation is 1. The third kappa shape index (κ3) is 4.02. The van der Waals surface area contributed by atoms with E-state index in [4.69, 9.17) is 4.42 Å². The van der Waals surface area contributed by atoms with Crippen molar-refractivity contribution in [2.24, 2.45) is 0 Å². The van der Waals surface area contributed by atoms with Gasteiger partial charge in [0.05, 0.1) is 12.7 Å². The summed E-state index contributed by atoms with van der Waals surface area (Å²) in [5.74, 6) is 1.68. The van der Waals surface area contributed by atoms with Crippen LogP contribution in [0.2, 0.25) is 0 Å². The standard InChI is InChI=1S/C11H19N3O2/c1-4-9-7-13-10(16-9)8-12-6-5-11(15)14(2)3/h7,12H,4-6,8H2,1-3H3. The van der Waals surface area contributed by atoms with Crippen molar-refractivity contribution in [3.05, 3.63) is 17.8 Å². The molecule has 0 radical (unpaired) electrons. The highest BCUT2D eigenvalue weighted by Crippen LogP contribution is 2.03. The summed E-state index contributed by atoms with van der Waals surface area (Å²) in [4.78, 5) is 17.0. The Kier molecular flexibility index (Phi) is 4.98. The lowest BCUT2D eigenvalue weighted by Crippen LogP contribution is -2.26. The SMILES string of the molecule is CCc1cnc(CNCCC(=O)N(C)C)o1. The van der Waals surface area contributed by atoms with Crippen LogP contribution in [0, 0.1) is 0 Å². The molecule has 1 amide bonds. The Hall–Kier alpha value is -1.36. The normalized spacial score (nSPS) is 10.4. The van der Waals surface area contributed by atoms with Crippen molar-refractivity contribution in [1.82, 2.24) is 15.2 Å². The molecule has 0 unspecified atom stereocenters. The van der Waals surface area contributed by atoms with Crippen molar-refractivity contribution in [1.29, 1.82) is 0 Å². The van der Waals surface area contributed by atoms with E-state index in [0.29, 0.717) is 25.4 Å². The van der Waals surface area contributed by atoms with E-state index in [1.165, 1.54) is 0 Å². The minimum Gasteiger partial charge on any atom is -0.444 e. The summed E-state index contributed by atoms with van der Waals surface area (Å²) in [6, 6.07) is 0. The average molecular weight is 225 g/mol. The maximum atomic E-state index is 11.3. The average Bonchev–Trinajstić information content (AvgIpc) is 2.71. The molecule has 1 aromatic heterocycles. The van der Waals surface area contributed by atoms with Crippen molar-refractivity contribution in [3.63, 3.8) is 0 Å². The van der Waals surface area contributed by atoms with Crippen LogP contribution in [-0.2, 0) is 17.8 Å². The van der Waals surface area contributed by atoms with E-state index in [0.717, 1.165) is 12.2 Å². The van der Waals surface area contributed by atoms with Crippen LogP contribution in [0.5, 0.6) is 0 Å². The number of carbonyl (C=O) groups is 1. The van der Waals surface area contributed by atoms with Gasteiger partial charge in [-0.25, -0.2) is 4.98 Å². The van der Waals surface area contributed by atoms with Gasteiger partial charge in [0.2, 0.25) is 11.8 Å². The second kappa shape index (κ2) is 6.27. The molecule has 0 fully saturated rings. The van der Waals surface area contributed by atoms with Gasteiger partial charge in [-0.15, -0.1) is 0 Å². The summed E-state index contributed by atoms with van der Waals surface area (Å²) in [7, 11) is 3.51. The lowest BCUT2D eigenvalue weighted by atomic mass is 10.4. The number of rotatable bonds is 6. The number of hydrogen-bond acceptors (Lipinski definition) is 4. The molecule has 1 aromatic rings. The molecule has 1 N–H and O–H groups in total. The van der Waals surface area contributed by atoms with Crippen molar-refractivity contribution in [2.75, 3.05) is 20.6 Å². The summed E-state index contributed by atoms with van der Waals surface area (Å²) in [6.45, 7) is 3.23. The van der Waals surface area contributed by atoms with E-state index >= 15 is 0 Å². The zero-order valence-corrected chi connectivity index (χ0v) is 10.1. The van der Waals surface area contributed by atoms with E-state index in [2.05, 4.69) is 10.3 Å². The third-order valence-electron chi connectivity index (χ3n) is 2.24. The molecule has 0 atom stereocenters. The minimum absolute atomic E-state index is 0.120. The number of carbonyl (C=O) groups excluding carboxylic acids is 1. The van der Waals surface area contributed by atoms with Crippen LogP contribution in [0.4, 0.5) is 0 Å². The monoisotopic (exact) mass is 225 g/mol.